The second-order valence-electron chi connectivity index (χ2n) is 5.79. The number of hydrogen-bond acceptors (Lipinski definition) is 5. The minimum atomic E-state index is -0.282. The van der Waals surface area contributed by atoms with E-state index in [1.54, 1.807) is 44.6 Å². The minimum Gasteiger partial charge on any atom is -0.497 e. The lowest BCUT2D eigenvalue weighted by atomic mass is 10.1. The Hall–Kier alpha value is -3.02. The molecule has 0 heterocycles. The van der Waals surface area contributed by atoms with Gasteiger partial charge in [-0.05, 0) is 49.2 Å². The monoisotopic (exact) mass is 370 g/mol. The average molecular weight is 370 g/mol. The van der Waals surface area contributed by atoms with Crippen molar-refractivity contribution in [3.05, 3.63) is 53.6 Å². The summed E-state index contributed by atoms with van der Waals surface area (Å²) in [7, 11) is 3.19. The topological polar surface area (TPSA) is 69.2 Å². The molecule has 0 atom stereocenters. The lowest BCUT2D eigenvalue weighted by molar-refractivity contribution is 0.0954. The zero-order valence-corrected chi connectivity index (χ0v) is 16.2. The number of nitrogens with zero attached hydrogens (tertiary/aromatic N) is 1. The molecule has 1 N–H and O–H groups in total. The van der Waals surface area contributed by atoms with Crippen molar-refractivity contribution in [2.45, 2.75) is 26.7 Å². The number of hydrazone groups is 1. The maximum Gasteiger partial charge on any atom is 0.271 e. The molecule has 2 aromatic rings. The van der Waals surface area contributed by atoms with E-state index >= 15 is 0 Å². The van der Waals surface area contributed by atoms with E-state index < -0.39 is 0 Å². The number of carbonyl (C=O) groups excluding carboxylic acids is 1. The highest BCUT2D eigenvalue weighted by Gasteiger charge is 2.12. The van der Waals surface area contributed by atoms with Crippen molar-refractivity contribution in [2.75, 3.05) is 20.8 Å². The maximum absolute atomic E-state index is 12.4. The van der Waals surface area contributed by atoms with Gasteiger partial charge in [-0.25, -0.2) is 5.43 Å². The van der Waals surface area contributed by atoms with Gasteiger partial charge in [-0.3, -0.25) is 4.79 Å². The van der Waals surface area contributed by atoms with Gasteiger partial charge < -0.3 is 14.2 Å². The van der Waals surface area contributed by atoms with Gasteiger partial charge >= 0.3 is 0 Å². The number of ether oxygens (including phenoxy) is 3. The summed E-state index contributed by atoms with van der Waals surface area (Å²) < 4.78 is 16.2. The Morgan fingerprint density at radius 2 is 1.70 bits per heavy atom. The fraction of sp³-hybridized carbons (Fsp3) is 0.333. The lowest BCUT2D eigenvalue weighted by Gasteiger charge is -2.12. The van der Waals surface area contributed by atoms with E-state index in [0.717, 1.165) is 17.7 Å². The van der Waals surface area contributed by atoms with E-state index in [0.29, 0.717) is 35.8 Å². The minimum absolute atomic E-state index is 0.282. The van der Waals surface area contributed by atoms with Gasteiger partial charge in [-0.1, -0.05) is 13.8 Å². The number of methoxy groups -OCH3 is 2. The van der Waals surface area contributed by atoms with Crippen molar-refractivity contribution < 1.29 is 19.0 Å². The van der Waals surface area contributed by atoms with Crippen LogP contribution in [0.3, 0.4) is 0 Å². The summed E-state index contributed by atoms with van der Waals surface area (Å²) in [6.45, 7) is 4.66. The van der Waals surface area contributed by atoms with Gasteiger partial charge in [-0.2, -0.15) is 5.10 Å². The van der Waals surface area contributed by atoms with Crippen LogP contribution in [0.2, 0.25) is 0 Å². The molecule has 0 radical (unpaired) electrons. The number of rotatable bonds is 9. The number of nitrogens with one attached hydrogen (secondary N) is 1. The van der Waals surface area contributed by atoms with Gasteiger partial charge in [0.15, 0.2) is 0 Å². The molecule has 0 aliphatic heterocycles. The van der Waals surface area contributed by atoms with Crippen molar-refractivity contribution in [1.29, 1.82) is 0 Å². The third-order valence-corrected chi connectivity index (χ3v) is 3.94. The van der Waals surface area contributed by atoms with Crippen LogP contribution in [0.4, 0.5) is 0 Å². The quantitative estimate of drug-likeness (QED) is 0.534. The number of carbonyl (C=O) groups is 1. The Kier molecular flexibility index (Phi) is 7.67. The Labute approximate surface area is 160 Å². The van der Waals surface area contributed by atoms with Gasteiger partial charge in [-0.15, -0.1) is 0 Å². The molecular formula is C21H26N2O4. The van der Waals surface area contributed by atoms with Crippen LogP contribution in [-0.2, 0) is 0 Å². The second-order valence-corrected chi connectivity index (χ2v) is 5.79. The standard InChI is InChI=1S/C21H26N2O4/c1-5-13-27-16-9-7-15(8-10-16)21(24)23-22-19(6-2)18-12-11-17(25-3)14-20(18)26-4/h7-12,14H,5-6,13H2,1-4H3,(H,23,24)/b22-19-. The molecule has 0 aliphatic rings. The fourth-order valence-corrected chi connectivity index (χ4v) is 2.47. The van der Waals surface area contributed by atoms with Crippen molar-refractivity contribution in [2.24, 2.45) is 5.10 Å². The van der Waals surface area contributed by atoms with Crippen LogP contribution in [0.15, 0.2) is 47.6 Å². The zero-order valence-electron chi connectivity index (χ0n) is 16.2. The van der Waals surface area contributed by atoms with E-state index in [1.165, 1.54) is 0 Å². The highest BCUT2D eigenvalue weighted by molar-refractivity contribution is 6.04. The molecule has 0 spiro atoms. The van der Waals surface area contributed by atoms with Crippen molar-refractivity contribution >= 4 is 11.6 Å². The molecule has 27 heavy (non-hydrogen) atoms. The molecular weight excluding hydrogens is 344 g/mol. The highest BCUT2D eigenvalue weighted by atomic mass is 16.5. The maximum atomic E-state index is 12.4. The molecule has 0 saturated heterocycles. The molecule has 0 fully saturated rings. The highest BCUT2D eigenvalue weighted by Crippen LogP contribution is 2.26. The second kappa shape index (κ2) is 10.2. The third kappa shape index (κ3) is 5.48. The average Bonchev–Trinajstić information content (AvgIpc) is 2.72. The van der Waals surface area contributed by atoms with Crippen LogP contribution < -0.4 is 19.6 Å². The van der Waals surface area contributed by atoms with Gasteiger partial charge in [0.05, 0.1) is 26.5 Å². The lowest BCUT2D eigenvalue weighted by Crippen LogP contribution is -2.20. The fourth-order valence-electron chi connectivity index (χ4n) is 2.47. The van der Waals surface area contributed by atoms with Crippen LogP contribution in [0.1, 0.15) is 42.6 Å². The largest absolute Gasteiger partial charge is 0.497 e. The smallest absolute Gasteiger partial charge is 0.271 e. The van der Waals surface area contributed by atoms with Crippen LogP contribution in [0.25, 0.3) is 0 Å². The molecule has 2 aromatic carbocycles. The summed E-state index contributed by atoms with van der Waals surface area (Å²) in [4.78, 5) is 12.4. The molecule has 144 valence electrons. The SMILES string of the molecule is CCCOc1ccc(C(=O)N/N=C(/CC)c2ccc(OC)cc2OC)cc1. The van der Waals surface area contributed by atoms with Gasteiger partial charge in [0.25, 0.3) is 5.91 Å². The van der Waals surface area contributed by atoms with Crippen LogP contribution in [0.5, 0.6) is 17.2 Å². The summed E-state index contributed by atoms with van der Waals surface area (Å²) in [5, 5.41) is 4.29. The van der Waals surface area contributed by atoms with Gasteiger partial charge in [0.1, 0.15) is 17.2 Å². The van der Waals surface area contributed by atoms with Crippen molar-refractivity contribution in [1.82, 2.24) is 5.43 Å². The van der Waals surface area contributed by atoms with E-state index in [-0.39, 0.29) is 5.91 Å². The summed E-state index contributed by atoms with van der Waals surface area (Å²) in [6, 6.07) is 12.5. The number of hydrogen-bond donors (Lipinski definition) is 1. The van der Waals surface area contributed by atoms with E-state index in [4.69, 9.17) is 14.2 Å². The zero-order chi connectivity index (χ0) is 19.6. The Morgan fingerprint density at radius 1 is 1.00 bits per heavy atom. The van der Waals surface area contributed by atoms with E-state index in [1.807, 2.05) is 26.0 Å². The Balaban J connectivity index is 2.13. The number of benzene rings is 2. The van der Waals surface area contributed by atoms with E-state index in [2.05, 4.69) is 10.5 Å². The molecule has 6 heteroatoms. The molecule has 0 unspecified atom stereocenters. The molecule has 0 aliphatic carbocycles. The molecule has 2 rings (SSSR count). The first-order chi connectivity index (χ1) is 13.1. The Bertz CT molecular complexity index is 785. The van der Waals surface area contributed by atoms with Crippen LogP contribution in [-0.4, -0.2) is 32.4 Å². The van der Waals surface area contributed by atoms with Crippen LogP contribution >= 0.6 is 0 Å². The first-order valence-electron chi connectivity index (χ1n) is 8.95. The normalized spacial score (nSPS) is 11.0. The summed E-state index contributed by atoms with van der Waals surface area (Å²) in [5.74, 6) is 1.80. The van der Waals surface area contributed by atoms with Crippen molar-refractivity contribution in [3.8, 4) is 17.2 Å². The number of amides is 1. The Morgan fingerprint density at radius 3 is 2.30 bits per heavy atom. The molecule has 0 aromatic heterocycles. The van der Waals surface area contributed by atoms with Crippen molar-refractivity contribution in [3.63, 3.8) is 0 Å². The van der Waals surface area contributed by atoms with Gasteiger partial charge in [0, 0.05) is 17.2 Å². The van der Waals surface area contributed by atoms with Crippen LogP contribution in [0, 0.1) is 0 Å². The van der Waals surface area contributed by atoms with Gasteiger partial charge in [0.2, 0.25) is 0 Å². The summed E-state index contributed by atoms with van der Waals surface area (Å²) in [5.41, 5.74) is 4.65. The summed E-state index contributed by atoms with van der Waals surface area (Å²) >= 11 is 0. The first-order valence-corrected chi connectivity index (χ1v) is 8.95. The molecule has 1 amide bonds. The van der Waals surface area contributed by atoms with E-state index in [9.17, 15) is 4.79 Å². The predicted octanol–water partition coefficient (Wildman–Crippen LogP) is 4.04. The molecule has 0 bridgehead atoms. The molecule has 6 nitrogen and oxygen atoms in total. The third-order valence-electron chi connectivity index (χ3n) is 3.94. The first kappa shape index (κ1) is 20.3. The predicted molar refractivity (Wildman–Crippen MR) is 106 cm³/mol. The molecule has 0 saturated carbocycles. The summed E-state index contributed by atoms with van der Waals surface area (Å²) in [6.07, 6.45) is 1.57.